The average molecular weight is 378 g/mol. The van der Waals surface area contributed by atoms with Crippen LogP contribution in [0.3, 0.4) is 0 Å². The van der Waals surface area contributed by atoms with Gasteiger partial charge >= 0.3 is 6.03 Å². The van der Waals surface area contributed by atoms with Gasteiger partial charge < -0.3 is 14.7 Å². The number of phenolic OH excluding ortho intramolecular Hbond substituents is 1. The molecular formula is C23H26N2O3. The van der Waals surface area contributed by atoms with Crippen molar-refractivity contribution in [3.05, 3.63) is 59.3 Å². The van der Waals surface area contributed by atoms with Crippen LogP contribution in [0, 0.1) is 0 Å². The molecule has 0 bridgehead atoms. The van der Waals surface area contributed by atoms with Crippen molar-refractivity contribution in [1.29, 1.82) is 0 Å². The third-order valence-corrected chi connectivity index (χ3v) is 5.56. The SMILES string of the molecule is CCN(CC)C(=O)n1cc(CCc2ccc3c(c2)CCO3)c2c(O)cccc21. The molecule has 0 saturated heterocycles. The fourth-order valence-corrected chi connectivity index (χ4v) is 4.02. The first-order valence-corrected chi connectivity index (χ1v) is 9.98. The molecule has 1 N–H and O–H groups in total. The molecule has 1 amide bonds. The van der Waals surface area contributed by atoms with E-state index in [0.717, 1.165) is 48.1 Å². The van der Waals surface area contributed by atoms with E-state index in [1.807, 2.05) is 32.2 Å². The van der Waals surface area contributed by atoms with Gasteiger partial charge in [0.1, 0.15) is 11.5 Å². The maximum absolute atomic E-state index is 12.9. The number of ether oxygens (including phenoxy) is 1. The van der Waals surface area contributed by atoms with Crippen molar-refractivity contribution in [1.82, 2.24) is 9.47 Å². The molecule has 0 atom stereocenters. The van der Waals surface area contributed by atoms with E-state index >= 15 is 0 Å². The number of rotatable bonds is 5. The van der Waals surface area contributed by atoms with Crippen molar-refractivity contribution in [3.8, 4) is 11.5 Å². The number of aromatic hydroxyl groups is 1. The van der Waals surface area contributed by atoms with Crippen LogP contribution in [0.2, 0.25) is 0 Å². The molecule has 3 aromatic rings. The maximum Gasteiger partial charge on any atom is 0.328 e. The van der Waals surface area contributed by atoms with Crippen molar-refractivity contribution < 1.29 is 14.6 Å². The Balaban J connectivity index is 1.66. The van der Waals surface area contributed by atoms with Crippen molar-refractivity contribution in [3.63, 3.8) is 0 Å². The highest BCUT2D eigenvalue weighted by Crippen LogP contribution is 2.32. The number of nitrogens with zero attached hydrogens (tertiary/aromatic N) is 2. The molecule has 5 nitrogen and oxygen atoms in total. The van der Waals surface area contributed by atoms with Gasteiger partial charge in [-0.2, -0.15) is 0 Å². The highest BCUT2D eigenvalue weighted by molar-refractivity contribution is 5.97. The molecule has 0 fully saturated rings. The number of hydrogen-bond donors (Lipinski definition) is 1. The molecule has 2 aromatic carbocycles. The Morgan fingerprint density at radius 3 is 2.79 bits per heavy atom. The lowest BCUT2D eigenvalue weighted by Gasteiger charge is -2.19. The smallest absolute Gasteiger partial charge is 0.328 e. The van der Waals surface area contributed by atoms with Crippen molar-refractivity contribution >= 4 is 16.9 Å². The summed E-state index contributed by atoms with van der Waals surface area (Å²) in [6, 6.07) is 11.7. The van der Waals surface area contributed by atoms with E-state index in [-0.39, 0.29) is 11.8 Å². The van der Waals surface area contributed by atoms with Gasteiger partial charge in [-0.25, -0.2) is 4.79 Å². The van der Waals surface area contributed by atoms with Crippen LogP contribution in [-0.2, 0) is 19.3 Å². The van der Waals surface area contributed by atoms with Gasteiger partial charge in [-0.3, -0.25) is 4.57 Å². The first-order valence-electron chi connectivity index (χ1n) is 9.98. The first kappa shape index (κ1) is 18.4. The van der Waals surface area contributed by atoms with Gasteiger partial charge in [0.25, 0.3) is 0 Å². The fraction of sp³-hybridized carbons (Fsp3) is 0.348. The van der Waals surface area contributed by atoms with Crippen molar-refractivity contribution in [2.75, 3.05) is 19.7 Å². The molecule has 1 aromatic heterocycles. The molecule has 1 aliphatic heterocycles. The summed E-state index contributed by atoms with van der Waals surface area (Å²) in [6.45, 7) is 6.01. The number of benzene rings is 2. The number of aryl methyl sites for hydroxylation is 2. The van der Waals surface area contributed by atoms with Gasteiger partial charge in [0, 0.05) is 31.1 Å². The van der Waals surface area contributed by atoms with Gasteiger partial charge in [-0.15, -0.1) is 0 Å². The summed E-state index contributed by atoms with van der Waals surface area (Å²) in [7, 11) is 0. The Morgan fingerprint density at radius 1 is 1.18 bits per heavy atom. The van der Waals surface area contributed by atoms with Gasteiger partial charge in [0.2, 0.25) is 0 Å². The second kappa shape index (κ2) is 7.58. The third kappa shape index (κ3) is 3.21. The second-order valence-corrected chi connectivity index (χ2v) is 7.19. The highest BCUT2D eigenvalue weighted by Gasteiger charge is 2.19. The summed E-state index contributed by atoms with van der Waals surface area (Å²) in [5.41, 5.74) is 4.26. The van der Waals surface area contributed by atoms with Crippen LogP contribution < -0.4 is 4.74 Å². The molecule has 0 radical (unpaired) electrons. The van der Waals surface area contributed by atoms with E-state index in [0.29, 0.717) is 13.1 Å². The molecule has 0 spiro atoms. The Morgan fingerprint density at radius 2 is 2.00 bits per heavy atom. The minimum absolute atomic E-state index is 0.0541. The van der Waals surface area contributed by atoms with Crippen LogP contribution in [0.25, 0.3) is 10.9 Å². The lowest BCUT2D eigenvalue weighted by Crippen LogP contribution is -2.33. The van der Waals surface area contributed by atoms with Crippen LogP contribution in [-0.4, -0.2) is 40.3 Å². The summed E-state index contributed by atoms with van der Waals surface area (Å²) in [5.74, 6) is 1.21. The van der Waals surface area contributed by atoms with Gasteiger partial charge in [-0.05, 0) is 61.6 Å². The zero-order chi connectivity index (χ0) is 19.7. The number of carbonyl (C=O) groups is 1. The summed E-state index contributed by atoms with van der Waals surface area (Å²) in [4.78, 5) is 14.7. The molecule has 0 aliphatic carbocycles. The zero-order valence-corrected chi connectivity index (χ0v) is 16.4. The van der Waals surface area contributed by atoms with E-state index < -0.39 is 0 Å². The van der Waals surface area contributed by atoms with Crippen molar-refractivity contribution in [2.45, 2.75) is 33.1 Å². The minimum Gasteiger partial charge on any atom is -0.507 e. The van der Waals surface area contributed by atoms with Crippen LogP contribution in [0.15, 0.2) is 42.6 Å². The number of fused-ring (bicyclic) bond motifs is 2. The molecule has 0 unspecified atom stereocenters. The monoisotopic (exact) mass is 378 g/mol. The molecule has 4 rings (SSSR count). The molecule has 146 valence electrons. The largest absolute Gasteiger partial charge is 0.507 e. The predicted octanol–water partition coefficient (Wildman–Crippen LogP) is 4.38. The predicted molar refractivity (Wildman–Crippen MR) is 110 cm³/mol. The van der Waals surface area contributed by atoms with E-state index in [2.05, 4.69) is 12.1 Å². The van der Waals surface area contributed by atoms with E-state index in [1.54, 1.807) is 21.6 Å². The topological polar surface area (TPSA) is 54.7 Å². The lowest BCUT2D eigenvalue weighted by molar-refractivity contribution is 0.206. The molecule has 1 aliphatic rings. The fourth-order valence-electron chi connectivity index (χ4n) is 4.02. The number of amides is 1. The number of carbonyl (C=O) groups excluding carboxylic acids is 1. The Kier molecular flexibility index (Phi) is 4.99. The normalized spacial score (nSPS) is 12.8. The molecule has 5 heteroatoms. The molecule has 2 heterocycles. The van der Waals surface area contributed by atoms with Crippen LogP contribution in [0.1, 0.15) is 30.5 Å². The lowest BCUT2D eigenvalue weighted by atomic mass is 10.0. The van der Waals surface area contributed by atoms with Crippen LogP contribution in [0.5, 0.6) is 11.5 Å². The highest BCUT2D eigenvalue weighted by atomic mass is 16.5. The summed E-state index contributed by atoms with van der Waals surface area (Å²) < 4.78 is 7.26. The van der Waals surface area contributed by atoms with Gasteiger partial charge in [0.05, 0.1) is 12.1 Å². The van der Waals surface area contributed by atoms with Crippen LogP contribution in [0.4, 0.5) is 4.79 Å². The zero-order valence-electron chi connectivity index (χ0n) is 16.4. The summed E-state index contributed by atoms with van der Waals surface area (Å²) >= 11 is 0. The average Bonchev–Trinajstić information content (AvgIpc) is 3.32. The van der Waals surface area contributed by atoms with Gasteiger partial charge in [0.15, 0.2) is 0 Å². The Bertz CT molecular complexity index is 1020. The maximum atomic E-state index is 12.9. The van der Waals surface area contributed by atoms with Crippen molar-refractivity contribution in [2.24, 2.45) is 0 Å². The Labute approximate surface area is 165 Å². The molecular weight excluding hydrogens is 352 g/mol. The second-order valence-electron chi connectivity index (χ2n) is 7.19. The van der Waals surface area contributed by atoms with E-state index in [1.165, 1.54) is 11.1 Å². The Hall–Kier alpha value is -2.95. The first-order chi connectivity index (χ1) is 13.6. The number of aromatic nitrogens is 1. The number of phenols is 1. The van der Waals surface area contributed by atoms with Crippen LogP contribution >= 0.6 is 0 Å². The molecule has 28 heavy (non-hydrogen) atoms. The summed E-state index contributed by atoms with van der Waals surface area (Å²) in [6.07, 6.45) is 4.45. The summed E-state index contributed by atoms with van der Waals surface area (Å²) in [5, 5.41) is 11.2. The number of hydrogen-bond acceptors (Lipinski definition) is 3. The standard InChI is InChI=1S/C23H26N2O3/c1-3-24(4-2)23(27)25-15-18(22-19(25)6-5-7-20(22)26)10-8-16-9-11-21-17(14-16)12-13-28-21/h5-7,9,11,14-15,26H,3-4,8,10,12-13H2,1-2H3. The minimum atomic E-state index is -0.0541. The van der Waals surface area contributed by atoms with Gasteiger partial charge in [-0.1, -0.05) is 18.2 Å². The molecule has 0 saturated carbocycles. The quantitative estimate of drug-likeness (QED) is 0.717. The van der Waals surface area contributed by atoms with E-state index in [4.69, 9.17) is 4.74 Å². The van der Waals surface area contributed by atoms with E-state index in [9.17, 15) is 9.90 Å². The third-order valence-electron chi connectivity index (χ3n) is 5.56.